The largest absolute Gasteiger partial charge is 0.324 e. The number of hydrogen-bond donors (Lipinski definition) is 0. The van der Waals surface area contributed by atoms with Crippen molar-refractivity contribution >= 4 is 34.4 Å². The van der Waals surface area contributed by atoms with Gasteiger partial charge in [0, 0.05) is 6.07 Å². The molecule has 24 heavy (non-hydrogen) atoms. The number of nitro groups is 1. The molecule has 0 aromatic carbocycles. The zero-order valence-electron chi connectivity index (χ0n) is 12.4. The number of thiophene rings is 1. The second-order valence-electron chi connectivity index (χ2n) is 6.82. The number of imide groups is 1. The van der Waals surface area contributed by atoms with E-state index in [9.17, 15) is 19.7 Å². The van der Waals surface area contributed by atoms with Gasteiger partial charge in [-0.3, -0.25) is 19.7 Å². The summed E-state index contributed by atoms with van der Waals surface area (Å²) < 4.78 is 0. The molecule has 1 aromatic rings. The standard InChI is InChI=1S/C16H13N3O4S/c20-15-13-8-2-3-9(11-5-10(8)11)14(13)16(21)18(15)17-6-7-1-4-12(24-7)19(22)23/h1-4,6,8-11,13-14H,5H2/b17-6-/t8-,9-,10-,11+,13-,14+/m1/s1. The van der Waals surface area contributed by atoms with Crippen LogP contribution in [-0.2, 0) is 9.59 Å². The van der Waals surface area contributed by atoms with E-state index < -0.39 is 4.92 Å². The average Bonchev–Trinajstić information content (AvgIpc) is 3.20. The van der Waals surface area contributed by atoms with Crippen molar-refractivity contribution in [2.45, 2.75) is 6.42 Å². The van der Waals surface area contributed by atoms with Gasteiger partial charge < -0.3 is 0 Å². The molecule has 122 valence electrons. The van der Waals surface area contributed by atoms with Crippen molar-refractivity contribution < 1.29 is 14.5 Å². The number of amides is 2. The Kier molecular flexibility index (Phi) is 2.69. The highest BCUT2D eigenvalue weighted by atomic mass is 32.1. The Labute approximate surface area is 140 Å². The zero-order chi connectivity index (χ0) is 16.6. The summed E-state index contributed by atoms with van der Waals surface area (Å²) in [6.45, 7) is 0. The SMILES string of the molecule is O=C1[C@@H]2[C@@H]3C=C[C@H]([C@@H]4C[C@H]34)[C@@H]2C(=O)N1/N=C\c1ccc([N+](=O)[O-])s1. The molecule has 1 aromatic heterocycles. The minimum Gasteiger partial charge on any atom is -0.272 e. The molecule has 2 saturated carbocycles. The number of hydrazone groups is 1. The molecule has 5 aliphatic rings. The van der Waals surface area contributed by atoms with Crippen LogP contribution in [0.3, 0.4) is 0 Å². The molecule has 4 aliphatic carbocycles. The predicted octanol–water partition coefficient (Wildman–Crippen LogP) is 2.04. The second-order valence-corrected chi connectivity index (χ2v) is 7.91. The molecule has 7 nitrogen and oxygen atoms in total. The first-order valence-electron chi connectivity index (χ1n) is 7.90. The molecule has 0 spiro atoms. The van der Waals surface area contributed by atoms with Crippen molar-refractivity contribution in [1.29, 1.82) is 0 Å². The first-order chi connectivity index (χ1) is 11.6. The monoisotopic (exact) mass is 343 g/mol. The van der Waals surface area contributed by atoms with E-state index in [0.717, 1.165) is 22.8 Å². The molecule has 2 heterocycles. The smallest absolute Gasteiger partial charge is 0.272 e. The van der Waals surface area contributed by atoms with Gasteiger partial charge in [-0.2, -0.15) is 10.1 Å². The van der Waals surface area contributed by atoms with E-state index in [4.69, 9.17) is 0 Å². The van der Waals surface area contributed by atoms with Crippen LogP contribution in [0.15, 0.2) is 29.4 Å². The van der Waals surface area contributed by atoms with Crippen LogP contribution in [0.4, 0.5) is 5.00 Å². The van der Waals surface area contributed by atoms with Crippen LogP contribution < -0.4 is 0 Å². The lowest BCUT2D eigenvalue weighted by Crippen LogP contribution is -2.40. The normalized spacial score (nSPS) is 38.8. The highest BCUT2D eigenvalue weighted by Gasteiger charge is 2.67. The van der Waals surface area contributed by atoms with Gasteiger partial charge in [-0.15, -0.1) is 0 Å². The topological polar surface area (TPSA) is 92.9 Å². The maximum atomic E-state index is 12.7. The molecule has 0 N–H and O–H groups in total. The van der Waals surface area contributed by atoms with Crippen molar-refractivity contribution in [3.63, 3.8) is 0 Å². The lowest BCUT2D eigenvalue weighted by atomic mass is 9.63. The maximum absolute atomic E-state index is 12.7. The molecule has 1 aliphatic heterocycles. The van der Waals surface area contributed by atoms with E-state index in [0.29, 0.717) is 16.7 Å². The molecule has 8 heteroatoms. The first kappa shape index (κ1) is 14.0. The molecule has 2 amide bonds. The summed E-state index contributed by atoms with van der Waals surface area (Å²) in [5, 5.41) is 15.8. The predicted molar refractivity (Wildman–Crippen MR) is 85.1 cm³/mol. The average molecular weight is 343 g/mol. The highest BCUT2D eigenvalue weighted by molar-refractivity contribution is 7.16. The zero-order valence-corrected chi connectivity index (χ0v) is 13.3. The van der Waals surface area contributed by atoms with Crippen molar-refractivity contribution in [2.75, 3.05) is 0 Å². The van der Waals surface area contributed by atoms with Crippen LogP contribution in [-0.4, -0.2) is 28.0 Å². The molecular weight excluding hydrogens is 330 g/mol. The van der Waals surface area contributed by atoms with E-state index >= 15 is 0 Å². The van der Waals surface area contributed by atoms with Crippen LogP contribution in [0.25, 0.3) is 0 Å². The summed E-state index contributed by atoms with van der Waals surface area (Å²) >= 11 is 0.963. The summed E-state index contributed by atoms with van der Waals surface area (Å²) in [6, 6.07) is 2.95. The summed E-state index contributed by atoms with van der Waals surface area (Å²) in [6.07, 6.45) is 6.71. The Morgan fingerprint density at radius 1 is 1.17 bits per heavy atom. The Morgan fingerprint density at radius 3 is 2.33 bits per heavy atom. The van der Waals surface area contributed by atoms with Crippen molar-refractivity contribution in [2.24, 2.45) is 40.6 Å². The van der Waals surface area contributed by atoms with Gasteiger partial charge in [0.1, 0.15) is 0 Å². The summed E-state index contributed by atoms with van der Waals surface area (Å²) in [5.41, 5.74) is 0. The van der Waals surface area contributed by atoms with Crippen LogP contribution >= 0.6 is 11.3 Å². The van der Waals surface area contributed by atoms with E-state index in [1.54, 1.807) is 6.07 Å². The van der Waals surface area contributed by atoms with E-state index in [2.05, 4.69) is 17.3 Å². The third-order valence-electron chi connectivity index (χ3n) is 5.73. The van der Waals surface area contributed by atoms with E-state index in [1.807, 2.05) is 0 Å². The van der Waals surface area contributed by atoms with E-state index in [1.165, 1.54) is 12.3 Å². The Hall–Kier alpha value is -2.35. The maximum Gasteiger partial charge on any atom is 0.324 e. The van der Waals surface area contributed by atoms with Crippen molar-refractivity contribution in [1.82, 2.24) is 5.01 Å². The minimum atomic E-state index is -0.474. The number of hydrogen-bond acceptors (Lipinski definition) is 6. The Bertz CT molecular complexity index is 808. The fourth-order valence-electron chi connectivity index (χ4n) is 4.68. The van der Waals surface area contributed by atoms with Crippen LogP contribution in [0.1, 0.15) is 11.3 Å². The summed E-state index contributed by atoms with van der Waals surface area (Å²) in [5.74, 6) is 0.462. The van der Waals surface area contributed by atoms with Gasteiger partial charge in [0.2, 0.25) is 0 Å². The van der Waals surface area contributed by atoms with Crippen LogP contribution in [0.2, 0.25) is 0 Å². The van der Waals surface area contributed by atoms with Gasteiger partial charge in [0.25, 0.3) is 11.8 Å². The molecule has 6 atom stereocenters. The van der Waals surface area contributed by atoms with Crippen molar-refractivity contribution in [3.8, 4) is 0 Å². The summed E-state index contributed by atoms with van der Waals surface area (Å²) in [4.78, 5) is 36.2. The number of carbonyl (C=O) groups is 2. The molecule has 3 fully saturated rings. The van der Waals surface area contributed by atoms with Gasteiger partial charge in [-0.1, -0.05) is 23.5 Å². The van der Waals surface area contributed by atoms with Crippen LogP contribution in [0, 0.1) is 45.6 Å². The third kappa shape index (κ3) is 1.74. The van der Waals surface area contributed by atoms with Crippen molar-refractivity contribution in [3.05, 3.63) is 39.3 Å². The van der Waals surface area contributed by atoms with Gasteiger partial charge >= 0.3 is 5.00 Å². The molecule has 1 saturated heterocycles. The molecule has 0 radical (unpaired) electrons. The quantitative estimate of drug-likeness (QED) is 0.276. The van der Waals surface area contributed by atoms with Gasteiger partial charge in [-0.25, -0.2) is 0 Å². The van der Waals surface area contributed by atoms with Crippen LogP contribution in [0.5, 0.6) is 0 Å². The number of carbonyl (C=O) groups excluding carboxylic acids is 2. The highest BCUT2D eigenvalue weighted by Crippen LogP contribution is 2.65. The molecule has 2 bridgehead atoms. The Balaban J connectivity index is 1.42. The van der Waals surface area contributed by atoms with Gasteiger partial charge in [-0.05, 0) is 36.2 Å². The fourth-order valence-corrected chi connectivity index (χ4v) is 5.37. The molecular formula is C16H13N3O4S. The van der Waals surface area contributed by atoms with Gasteiger partial charge in [0.15, 0.2) is 0 Å². The number of rotatable bonds is 3. The van der Waals surface area contributed by atoms with Gasteiger partial charge in [0.05, 0.1) is 27.9 Å². The number of nitrogens with zero attached hydrogens (tertiary/aromatic N) is 3. The second kappa shape index (κ2) is 4.60. The van der Waals surface area contributed by atoms with E-state index in [-0.39, 0.29) is 40.5 Å². The third-order valence-corrected chi connectivity index (χ3v) is 6.70. The lowest BCUT2D eigenvalue weighted by molar-refractivity contribution is -0.380. The lowest BCUT2D eigenvalue weighted by Gasteiger charge is -2.37. The molecule has 6 rings (SSSR count). The minimum absolute atomic E-state index is 0.00604. The molecule has 0 unspecified atom stereocenters. The first-order valence-corrected chi connectivity index (χ1v) is 8.72. The Morgan fingerprint density at radius 2 is 1.79 bits per heavy atom. The number of allylic oxidation sites excluding steroid dienone is 2. The summed E-state index contributed by atoms with van der Waals surface area (Å²) in [7, 11) is 0. The fraction of sp³-hybridized carbons (Fsp3) is 0.438.